The molecule has 0 aromatic rings. The molecule has 0 heterocycles. The van der Waals surface area contributed by atoms with Crippen molar-refractivity contribution in [2.45, 2.75) is 309 Å². The molecule has 0 saturated heterocycles. The Morgan fingerprint density at radius 3 is 0.590 bits per heavy atom. The molecule has 0 radical (unpaired) electrons. The lowest BCUT2D eigenvalue weighted by Crippen LogP contribution is -2.42. The summed E-state index contributed by atoms with van der Waals surface area (Å²) in [6, 6.07) is 0. The minimum Gasteiger partial charge on any atom is -0.389 e. The topological polar surface area (TPSA) is 143 Å². The third-order valence-electron chi connectivity index (χ3n) is 15.2. The Morgan fingerprint density at radius 1 is 0.218 bits per heavy atom. The fraction of sp³-hybridized carbons (Fsp3) is 1.00. The zero-order valence-electron chi connectivity index (χ0n) is 52.5. The third kappa shape index (κ3) is 61.6. The first kappa shape index (κ1) is 77.5. The highest BCUT2D eigenvalue weighted by Crippen LogP contribution is 2.15. The normalized spacial score (nSPS) is 13.6. The Balaban J connectivity index is 4.89. The fourth-order valence-corrected chi connectivity index (χ4v) is 10.3. The Hall–Kier alpha value is -0.480. The molecule has 0 amide bonds. The molecule has 0 rings (SSSR count). The minimum atomic E-state index is -0.664. The van der Waals surface area contributed by atoms with Gasteiger partial charge < -0.3 is 48.8 Å². The van der Waals surface area contributed by atoms with Crippen LogP contribution in [-0.4, -0.2) is 173 Å². The molecule has 0 saturated carbocycles. The van der Waals surface area contributed by atoms with E-state index in [0.717, 1.165) is 51.4 Å². The van der Waals surface area contributed by atoms with Crippen molar-refractivity contribution in [2.24, 2.45) is 0 Å². The summed E-state index contributed by atoms with van der Waals surface area (Å²) in [7, 11) is 0. The lowest BCUT2D eigenvalue weighted by molar-refractivity contribution is -0.0260. The van der Waals surface area contributed by atoms with Crippen molar-refractivity contribution in [2.75, 3.05) is 119 Å². The quantitative estimate of drug-likeness (QED) is 0.0431. The molecule has 0 aromatic heterocycles. The highest BCUT2D eigenvalue weighted by Gasteiger charge is 2.18. The van der Waals surface area contributed by atoms with Crippen LogP contribution < -0.4 is 0 Å². The van der Waals surface area contributed by atoms with Crippen LogP contribution in [0.5, 0.6) is 0 Å². The van der Waals surface area contributed by atoms with E-state index < -0.39 is 24.4 Å². The average Bonchev–Trinajstić information content (AvgIpc) is 3.42. The number of rotatable bonds is 69. The van der Waals surface area contributed by atoms with Crippen LogP contribution in [0.1, 0.15) is 285 Å². The van der Waals surface area contributed by atoms with E-state index in [-0.39, 0.29) is 26.4 Å². The van der Waals surface area contributed by atoms with Crippen LogP contribution in [0, 0.1) is 0 Å². The van der Waals surface area contributed by atoms with Crippen molar-refractivity contribution in [1.29, 1.82) is 0 Å². The number of aliphatic hydroxyl groups excluding tert-OH is 4. The van der Waals surface area contributed by atoms with Gasteiger partial charge in [-0.25, -0.2) is 0 Å². The van der Waals surface area contributed by atoms with E-state index >= 15 is 0 Å². The van der Waals surface area contributed by atoms with Crippen molar-refractivity contribution in [3.05, 3.63) is 0 Å². The Labute approximate surface area is 484 Å². The monoisotopic (exact) mass is 1120 g/mol. The van der Waals surface area contributed by atoms with Gasteiger partial charge in [0.05, 0.1) is 77.3 Å². The van der Waals surface area contributed by atoms with Crippen molar-refractivity contribution in [1.82, 2.24) is 9.80 Å². The molecular formula is C66H136N2O10. The first-order chi connectivity index (χ1) is 38.4. The molecule has 4 N–H and O–H groups in total. The molecule has 0 aliphatic rings. The van der Waals surface area contributed by atoms with Gasteiger partial charge in [-0.3, -0.25) is 9.80 Å². The average molecular weight is 1120 g/mol. The maximum Gasteiger partial charge on any atom is 0.0900 e. The second-order valence-corrected chi connectivity index (χ2v) is 23.4. The lowest BCUT2D eigenvalue weighted by atomic mass is 10.1. The van der Waals surface area contributed by atoms with Crippen LogP contribution in [0.4, 0.5) is 0 Å². The number of unbranched alkanes of at least 4 members (excludes halogenated alkanes) is 36. The van der Waals surface area contributed by atoms with Crippen LogP contribution in [0.25, 0.3) is 0 Å². The van der Waals surface area contributed by atoms with Crippen LogP contribution in [0.15, 0.2) is 0 Å². The van der Waals surface area contributed by atoms with Gasteiger partial charge in [0.25, 0.3) is 0 Å². The molecule has 470 valence electrons. The van der Waals surface area contributed by atoms with E-state index in [4.69, 9.17) is 28.4 Å². The zero-order valence-corrected chi connectivity index (χ0v) is 52.5. The summed E-state index contributed by atoms with van der Waals surface area (Å²) in [5, 5.41) is 44.0. The van der Waals surface area contributed by atoms with Gasteiger partial charge in [-0.05, 0) is 25.7 Å². The molecule has 0 spiro atoms. The van der Waals surface area contributed by atoms with Crippen LogP contribution in [-0.2, 0) is 28.4 Å². The number of nitrogens with zero attached hydrogens (tertiary/aromatic N) is 2. The van der Waals surface area contributed by atoms with Crippen molar-refractivity contribution in [3.63, 3.8) is 0 Å². The maximum atomic E-state index is 11.0. The second kappa shape index (κ2) is 65.7. The largest absolute Gasteiger partial charge is 0.389 e. The second-order valence-electron chi connectivity index (χ2n) is 23.4. The van der Waals surface area contributed by atoms with Gasteiger partial charge in [-0.1, -0.05) is 259 Å². The van der Waals surface area contributed by atoms with E-state index in [2.05, 4.69) is 37.5 Å². The van der Waals surface area contributed by atoms with E-state index in [1.165, 1.54) is 205 Å². The van der Waals surface area contributed by atoms with E-state index in [1.807, 2.05) is 0 Å². The molecule has 4 unspecified atom stereocenters. The van der Waals surface area contributed by atoms with Gasteiger partial charge in [-0.15, -0.1) is 0 Å². The molecule has 12 heteroatoms. The summed E-state index contributed by atoms with van der Waals surface area (Å²) in [6.45, 7) is 17.1. The molecular weight excluding hydrogens is 981 g/mol. The molecule has 78 heavy (non-hydrogen) atoms. The van der Waals surface area contributed by atoms with E-state index in [1.54, 1.807) is 0 Å². The molecule has 12 nitrogen and oxygen atoms in total. The smallest absolute Gasteiger partial charge is 0.0900 e. The number of hydrogen-bond donors (Lipinski definition) is 4. The predicted octanol–water partition coefficient (Wildman–Crippen LogP) is 14.8. The fourth-order valence-electron chi connectivity index (χ4n) is 10.3. The third-order valence-corrected chi connectivity index (χ3v) is 15.2. The van der Waals surface area contributed by atoms with Crippen LogP contribution in [0.2, 0.25) is 0 Å². The van der Waals surface area contributed by atoms with Gasteiger partial charge >= 0.3 is 0 Å². The summed E-state index contributed by atoms with van der Waals surface area (Å²) >= 11 is 0. The summed E-state index contributed by atoms with van der Waals surface area (Å²) in [5.74, 6) is 0. The minimum absolute atomic E-state index is 0.276. The molecule has 4 atom stereocenters. The van der Waals surface area contributed by atoms with Gasteiger partial charge in [0.2, 0.25) is 0 Å². The summed E-state index contributed by atoms with van der Waals surface area (Å²) in [5.41, 5.74) is 0. The molecule has 0 aromatic carbocycles. The molecule has 0 bridgehead atoms. The zero-order chi connectivity index (χ0) is 56.7. The summed E-state index contributed by atoms with van der Waals surface area (Å²) in [4.78, 5) is 4.11. The number of hydrogen-bond acceptors (Lipinski definition) is 12. The number of aliphatic hydroxyl groups is 4. The first-order valence-electron chi connectivity index (χ1n) is 34.0. The SMILES string of the molecule is CCCCCCCCCCCCOCC(O)CN(CCOCCOCCN(CC(O)COCCCCCCCCCCCC)CC(O)COCCCCCCCCCCCC)CC(O)COCCCCCCCCCCCC. The van der Waals surface area contributed by atoms with Gasteiger partial charge in [-0.2, -0.15) is 0 Å². The summed E-state index contributed by atoms with van der Waals surface area (Å²) in [6.07, 6.45) is 48.5. The van der Waals surface area contributed by atoms with Gasteiger partial charge in [0, 0.05) is 65.7 Å². The molecule has 0 fully saturated rings. The van der Waals surface area contributed by atoms with Crippen molar-refractivity contribution < 1.29 is 48.8 Å². The van der Waals surface area contributed by atoms with Gasteiger partial charge in [0.15, 0.2) is 0 Å². The van der Waals surface area contributed by atoms with Crippen molar-refractivity contribution in [3.8, 4) is 0 Å². The molecule has 0 aliphatic carbocycles. The van der Waals surface area contributed by atoms with Crippen molar-refractivity contribution >= 4 is 0 Å². The van der Waals surface area contributed by atoms with E-state index in [0.29, 0.717) is 92.1 Å². The lowest BCUT2D eigenvalue weighted by Gasteiger charge is -2.27. The van der Waals surface area contributed by atoms with Crippen LogP contribution >= 0.6 is 0 Å². The van der Waals surface area contributed by atoms with Gasteiger partial charge in [0.1, 0.15) is 0 Å². The van der Waals surface area contributed by atoms with E-state index in [9.17, 15) is 20.4 Å². The Kier molecular flexibility index (Phi) is 65.3. The highest BCUT2D eigenvalue weighted by molar-refractivity contribution is 4.71. The summed E-state index contributed by atoms with van der Waals surface area (Å²) < 4.78 is 35.7. The Bertz CT molecular complexity index is 945. The highest BCUT2D eigenvalue weighted by atomic mass is 16.5. The maximum absolute atomic E-state index is 11.0. The van der Waals surface area contributed by atoms with Crippen LogP contribution in [0.3, 0.4) is 0 Å². The Morgan fingerprint density at radius 2 is 0.397 bits per heavy atom. The standard InChI is InChI=1S/C66H136N2O10/c1-5-9-13-17-21-25-29-33-37-41-47-75-59-63(69)55-67(56-64(70)60-76-48-42-38-34-30-26-22-18-14-10-6-2)45-51-73-53-54-74-52-46-68(57-65(71)61-77-49-43-39-35-31-27-23-19-15-11-7-3)58-66(72)62-78-50-44-40-36-32-28-24-20-16-12-8-4/h63-66,69-72H,5-62H2,1-4H3. The predicted molar refractivity (Wildman–Crippen MR) is 329 cm³/mol. The molecule has 0 aliphatic heterocycles. The first-order valence-corrected chi connectivity index (χ1v) is 34.0. The number of ether oxygens (including phenoxy) is 6.